The highest BCUT2D eigenvalue weighted by Gasteiger charge is 2.07. The van der Waals surface area contributed by atoms with E-state index >= 15 is 0 Å². The molecule has 0 unspecified atom stereocenters. The second-order valence-corrected chi connectivity index (χ2v) is 5.49. The molecule has 0 atom stereocenters. The first-order valence-electron chi connectivity index (χ1n) is 5.96. The molecule has 0 saturated heterocycles. The van der Waals surface area contributed by atoms with Gasteiger partial charge in [0, 0.05) is 31.0 Å². The number of halogens is 1. The number of anilines is 1. The number of aryl methyl sites for hydroxylation is 1. The van der Waals surface area contributed by atoms with E-state index in [1.54, 1.807) is 11.3 Å². The largest absolute Gasteiger partial charge is 0.359 e. The van der Waals surface area contributed by atoms with Crippen molar-refractivity contribution in [2.24, 2.45) is 0 Å². The zero-order chi connectivity index (χ0) is 13.0. The van der Waals surface area contributed by atoms with Crippen molar-refractivity contribution in [3.8, 4) is 0 Å². The van der Waals surface area contributed by atoms with Crippen molar-refractivity contribution in [1.29, 1.82) is 0 Å². The van der Waals surface area contributed by atoms with E-state index in [0.717, 1.165) is 31.0 Å². The molecule has 0 aliphatic carbocycles. The van der Waals surface area contributed by atoms with Crippen molar-refractivity contribution in [3.63, 3.8) is 0 Å². The lowest BCUT2D eigenvalue weighted by Gasteiger charge is -2.18. The molecular weight excluding hydrogens is 266 g/mol. The molecule has 2 rings (SSSR count). The lowest BCUT2D eigenvalue weighted by molar-refractivity contribution is 0.843. The molecule has 18 heavy (non-hydrogen) atoms. The highest BCUT2D eigenvalue weighted by molar-refractivity contribution is 7.09. The van der Waals surface area contributed by atoms with Gasteiger partial charge in [-0.15, -0.1) is 11.3 Å². The fourth-order valence-electron chi connectivity index (χ4n) is 1.65. The summed E-state index contributed by atoms with van der Waals surface area (Å²) in [5, 5.41) is 2.62. The summed E-state index contributed by atoms with van der Waals surface area (Å²) in [6.45, 7) is 2.96. The first-order chi connectivity index (χ1) is 8.69. The number of hydrogen-bond acceptors (Lipinski definition) is 4. The Morgan fingerprint density at radius 1 is 1.39 bits per heavy atom. The average Bonchev–Trinajstić information content (AvgIpc) is 2.88. The van der Waals surface area contributed by atoms with Crippen LogP contribution in [0.15, 0.2) is 23.6 Å². The van der Waals surface area contributed by atoms with Gasteiger partial charge >= 0.3 is 0 Å². The zero-order valence-corrected chi connectivity index (χ0v) is 12.1. The molecule has 3 nitrogen and oxygen atoms in total. The standard InChI is InChI=1S/C13H16ClN3S/c1-3-12-15-11(14)9-13(16-12)17(2)7-6-10-5-4-8-18-10/h4-5,8-9H,3,6-7H2,1-2H3. The van der Waals surface area contributed by atoms with E-state index in [1.807, 2.05) is 20.0 Å². The Bertz CT molecular complexity index is 499. The molecule has 0 saturated carbocycles. The number of likely N-dealkylation sites (N-methyl/N-ethyl adjacent to an activating group) is 1. The van der Waals surface area contributed by atoms with E-state index in [1.165, 1.54) is 4.88 Å². The minimum atomic E-state index is 0.514. The van der Waals surface area contributed by atoms with Gasteiger partial charge in [-0.3, -0.25) is 0 Å². The van der Waals surface area contributed by atoms with Crippen LogP contribution in [0.4, 0.5) is 5.82 Å². The minimum absolute atomic E-state index is 0.514. The average molecular weight is 282 g/mol. The maximum atomic E-state index is 6.00. The zero-order valence-electron chi connectivity index (χ0n) is 10.6. The number of hydrogen-bond donors (Lipinski definition) is 0. The van der Waals surface area contributed by atoms with E-state index < -0.39 is 0 Å². The van der Waals surface area contributed by atoms with Crippen LogP contribution >= 0.6 is 22.9 Å². The Labute approximate surface area is 116 Å². The lowest BCUT2D eigenvalue weighted by Crippen LogP contribution is -2.21. The molecule has 0 spiro atoms. The summed E-state index contributed by atoms with van der Waals surface area (Å²) in [6, 6.07) is 6.05. The quantitative estimate of drug-likeness (QED) is 0.786. The third-order valence-corrected chi connectivity index (χ3v) is 3.84. The molecular formula is C13H16ClN3S. The topological polar surface area (TPSA) is 29.0 Å². The molecule has 0 aliphatic rings. The van der Waals surface area contributed by atoms with Crippen molar-refractivity contribution < 1.29 is 0 Å². The maximum Gasteiger partial charge on any atom is 0.134 e. The van der Waals surface area contributed by atoms with Crippen LogP contribution in [0.2, 0.25) is 5.15 Å². The SMILES string of the molecule is CCc1nc(Cl)cc(N(C)CCc2cccs2)n1. The van der Waals surface area contributed by atoms with Crippen LogP contribution in [-0.4, -0.2) is 23.6 Å². The van der Waals surface area contributed by atoms with Gasteiger partial charge in [0.15, 0.2) is 0 Å². The van der Waals surface area contributed by atoms with Gasteiger partial charge in [0.05, 0.1) is 0 Å². The highest BCUT2D eigenvalue weighted by atomic mass is 35.5. The van der Waals surface area contributed by atoms with E-state index in [0.29, 0.717) is 5.15 Å². The van der Waals surface area contributed by atoms with Gasteiger partial charge in [0.25, 0.3) is 0 Å². The molecule has 0 aromatic carbocycles. The Hall–Kier alpha value is -1.13. The predicted octanol–water partition coefficient (Wildman–Crippen LogP) is 3.43. The summed E-state index contributed by atoms with van der Waals surface area (Å²) in [6.07, 6.45) is 1.82. The summed E-state index contributed by atoms with van der Waals surface area (Å²) in [4.78, 5) is 12.2. The van der Waals surface area contributed by atoms with Gasteiger partial charge in [-0.05, 0) is 17.9 Å². The first-order valence-corrected chi connectivity index (χ1v) is 7.21. The normalized spacial score (nSPS) is 10.6. The summed E-state index contributed by atoms with van der Waals surface area (Å²) in [5.74, 6) is 1.68. The second-order valence-electron chi connectivity index (χ2n) is 4.07. The fourth-order valence-corrected chi connectivity index (χ4v) is 2.55. The van der Waals surface area contributed by atoms with Crippen LogP contribution in [0.3, 0.4) is 0 Å². The predicted molar refractivity (Wildman–Crippen MR) is 77.7 cm³/mol. The van der Waals surface area contributed by atoms with Gasteiger partial charge in [0.1, 0.15) is 16.8 Å². The van der Waals surface area contributed by atoms with Gasteiger partial charge < -0.3 is 4.90 Å². The Morgan fingerprint density at radius 3 is 2.89 bits per heavy atom. The van der Waals surface area contributed by atoms with Gasteiger partial charge in [-0.1, -0.05) is 24.6 Å². The molecule has 2 heterocycles. The number of rotatable bonds is 5. The Balaban J connectivity index is 2.03. The van der Waals surface area contributed by atoms with E-state index in [-0.39, 0.29) is 0 Å². The summed E-state index contributed by atoms with van der Waals surface area (Å²) >= 11 is 7.78. The molecule has 2 aromatic heterocycles. The van der Waals surface area contributed by atoms with E-state index in [4.69, 9.17) is 11.6 Å². The van der Waals surface area contributed by atoms with Crippen molar-refractivity contribution >= 4 is 28.8 Å². The molecule has 5 heteroatoms. The third-order valence-electron chi connectivity index (χ3n) is 2.71. The van der Waals surface area contributed by atoms with E-state index in [9.17, 15) is 0 Å². The smallest absolute Gasteiger partial charge is 0.134 e. The molecule has 96 valence electrons. The van der Waals surface area contributed by atoms with Crippen molar-refractivity contribution in [2.75, 3.05) is 18.5 Å². The van der Waals surface area contributed by atoms with Crippen LogP contribution in [0.1, 0.15) is 17.6 Å². The molecule has 0 N–H and O–H groups in total. The molecule has 0 amide bonds. The fraction of sp³-hybridized carbons (Fsp3) is 0.385. The summed E-state index contributed by atoms with van der Waals surface area (Å²) in [7, 11) is 2.03. The highest BCUT2D eigenvalue weighted by Crippen LogP contribution is 2.16. The number of aromatic nitrogens is 2. The Kier molecular flexibility index (Phi) is 4.55. The number of nitrogens with zero attached hydrogens (tertiary/aromatic N) is 3. The van der Waals surface area contributed by atoms with Crippen molar-refractivity contribution in [2.45, 2.75) is 19.8 Å². The van der Waals surface area contributed by atoms with Crippen molar-refractivity contribution in [3.05, 3.63) is 39.4 Å². The Morgan fingerprint density at radius 2 is 2.22 bits per heavy atom. The van der Waals surface area contributed by atoms with Crippen LogP contribution in [0.5, 0.6) is 0 Å². The van der Waals surface area contributed by atoms with Crippen molar-refractivity contribution in [1.82, 2.24) is 9.97 Å². The van der Waals surface area contributed by atoms with Crippen LogP contribution < -0.4 is 4.90 Å². The molecule has 0 aliphatic heterocycles. The molecule has 0 fully saturated rings. The molecule has 0 bridgehead atoms. The number of thiophene rings is 1. The van der Waals surface area contributed by atoms with E-state index in [2.05, 4.69) is 32.4 Å². The minimum Gasteiger partial charge on any atom is -0.359 e. The lowest BCUT2D eigenvalue weighted by atomic mass is 10.3. The third kappa shape index (κ3) is 3.43. The van der Waals surface area contributed by atoms with Crippen LogP contribution in [-0.2, 0) is 12.8 Å². The monoisotopic (exact) mass is 281 g/mol. The van der Waals surface area contributed by atoms with Gasteiger partial charge in [-0.25, -0.2) is 9.97 Å². The second kappa shape index (κ2) is 6.16. The van der Waals surface area contributed by atoms with Crippen LogP contribution in [0, 0.1) is 0 Å². The first kappa shape index (κ1) is 13.3. The van der Waals surface area contributed by atoms with Gasteiger partial charge in [0.2, 0.25) is 0 Å². The van der Waals surface area contributed by atoms with Crippen LogP contribution in [0.25, 0.3) is 0 Å². The summed E-state index contributed by atoms with van der Waals surface area (Å²) < 4.78 is 0. The molecule has 0 radical (unpaired) electrons. The molecule has 2 aromatic rings. The summed E-state index contributed by atoms with van der Waals surface area (Å²) in [5.41, 5.74) is 0. The maximum absolute atomic E-state index is 6.00. The van der Waals surface area contributed by atoms with Gasteiger partial charge in [-0.2, -0.15) is 0 Å².